The molecule has 1 aromatic carbocycles. The van der Waals surface area contributed by atoms with Gasteiger partial charge in [0.25, 0.3) is 0 Å². The molecular formula is C13H15NO2S. The first-order chi connectivity index (χ1) is 8.11. The lowest BCUT2D eigenvalue weighted by Crippen LogP contribution is -1.91. The summed E-state index contributed by atoms with van der Waals surface area (Å²) >= 11 is 1.54. The Morgan fingerprint density at radius 1 is 1.41 bits per heavy atom. The molecule has 90 valence electrons. The van der Waals surface area contributed by atoms with Gasteiger partial charge in [0.1, 0.15) is 10.8 Å². The Balaban J connectivity index is 2.36. The fraction of sp³-hybridized carbons (Fsp3) is 0.308. The first-order valence-corrected chi connectivity index (χ1v) is 6.28. The molecule has 0 saturated heterocycles. The summed E-state index contributed by atoms with van der Waals surface area (Å²) in [6, 6.07) is 5.97. The molecule has 1 unspecified atom stereocenters. The van der Waals surface area contributed by atoms with Crippen LogP contribution < -0.4 is 4.74 Å². The van der Waals surface area contributed by atoms with Crippen LogP contribution in [0.15, 0.2) is 23.6 Å². The van der Waals surface area contributed by atoms with E-state index in [1.807, 2.05) is 30.5 Å². The molecule has 1 heterocycles. The summed E-state index contributed by atoms with van der Waals surface area (Å²) in [7, 11) is 1.66. The van der Waals surface area contributed by atoms with Crippen molar-refractivity contribution in [2.24, 2.45) is 0 Å². The van der Waals surface area contributed by atoms with Crippen molar-refractivity contribution in [3.05, 3.63) is 34.8 Å². The summed E-state index contributed by atoms with van der Waals surface area (Å²) in [5, 5.41) is 12.3. The number of hydrogen-bond donors (Lipinski definition) is 1. The van der Waals surface area contributed by atoms with E-state index in [0.29, 0.717) is 0 Å². The molecule has 1 atom stereocenters. The molecule has 0 radical (unpaired) electrons. The summed E-state index contributed by atoms with van der Waals surface area (Å²) in [6.07, 6.45) is -0.514. The highest BCUT2D eigenvalue weighted by atomic mass is 32.1. The highest BCUT2D eigenvalue weighted by Crippen LogP contribution is 2.29. The van der Waals surface area contributed by atoms with Gasteiger partial charge in [-0.25, -0.2) is 4.98 Å². The number of methoxy groups -OCH3 is 1. The maximum atomic E-state index is 9.44. The number of rotatable bonds is 3. The molecule has 0 aliphatic rings. The minimum Gasteiger partial charge on any atom is -0.496 e. The lowest BCUT2D eigenvalue weighted by Gasteiger charge is -2.05. The topological polar surface area (TPSA) is 42.4 Å². The molecule has 3 nitrogen and oxygen atoms in total. The monoisotopic (exact) mass is 249 g/mol. The van der Waals surface area contributed by atoms with E-state index in [4.69, 9.17) is 4.74 Å². The van der Waals surface area contributed by atoms with Gasteiger partial charge in [-0.1, -0.05) is 0 Å². The van der Waals surface area contributed by atoms with Crippen molar-refractivity contribution in [2.75, 3.05) is 7.11 Å². The molecule has 0 bridgehead atoms. The second-order valence-corrected chi connectivity index (χ2v) is 4.80. The second-order valence-electron chi connectivity index (χ2n) is 3.94. The van der Waals surface area contributed by atoms with Gasteiger partial charge in [0.15, 0.2) is 0 Å². The minimum atomic E-state index is -0.514. The van der Waals surface area contributed by atoms with Gasteiger partial charge in [-0.2, -0.15) is 0 Å². The van der Waals surface area contributed by atoms with Crippen molar-refractivity contribution in [1.82, 2.24) is 4.98 Å². The molecule has 0 aliphatic carbocycles. The largest absolute Gasteiger partial charge is 0.496 e. The molecule has 0 saturated carbocycles. The van der Waals surface area contributed by atoms with Gasteiger partial charge in [0.05, 0.1) is 18.9 Å². The number of hydrogen-bond acceptors (Lipinski definition) is 4. The van der Waals surface area contributed by atoms with Crippen LogP contribution in [0.1, 0.15) is 24.3 Å². The van der Waals surface area contributed by atoms with E-state index >= 15 is 0 Å². The highest BCUT2D eigenvalue weighted by Gasteiger charge is 2.09. The summed E-state index contributed by atoms with van der Waals surface area (Å²) in [6.45, 7) is 3.73. The third-order valence-corrected chi connectivity index (χ3v) is 3.50. The SMILES string of the molecule is COc1ccc(-c2nc(C(C)O)cs2)cc1C. The van der Waals surface area contributed by atoms with Gasteiger partial charge < -0.3 is 9.84 Å². The zero-order valence-electron chi connectivity index (χ0n) is 10.1. The van der Waals surface area contributed by atoms with Crippen LogP contribution in [-0.2, 0) is 0 Å². The molecule has 1 N–H and O–H groups in total. The normalized spacial score (nSPS) is 12.5. The van der Waals surface area contributed by atoms with Crippen LogP contribution >= 0.6 is 11.3 Å². The number of aryl methyl sites for hydroxylation is 1. The number of ether oxygens (including phenoxy) is 1. The number of benzene rings is 1. The van der Waals surface area contributed by atoms with E-state index < -0.39 is 6.10 Å². The van der Waals surface area contributed by atoms with E-state index in [1.165, 1.54) is 0 Å². The average molecular weight is 249 g/mol. The van der Waals surface area contributed by atoms with Crippen molar-refractivity contribution in [1.29, 1.82) is 0 Å². The first kappa shape index (κ1) is 12.1. The molecular weight excluding hydrogens is 234 g/mol. The fourth-order valence-corrected chi connectivity index (χ4v) is 2.53. The van der Waals surface area contributed by atoms with Crippen LogP contribution in [0.5, 0.6) is 5.75 Å². The van der Waals surface area contributed by atoms with Crippen molar-refractivity contribution in [3.63, 3.8) is 0 Å². The summed E-state index contributed by atoms with van der Waals surface area (Å²) < 4.78 is 5.22. The van der Waals surface area contributed by atoms with E-state index in [9.17, 15) is 5.11 Å². The number of aliphatic hydroxyl groups excluding tert-OH is 1. The van der Waals surface area contributed by atoms with Gasteiger partial charge in [-0.05, 0) is 37.6 Å². The molecule has 4 heteroatoms. The van der Waals surface area contributed by atoms with E-state index in [-0.39, 0.29) is 0 Å². The van der Waals surface area contributed by atoms with Gasteiger partial charge in [-0.15, -0.1) is 11.3 Å². The van der Waals surface area contributed by atoms with Gasteiger partial charge in [0, 0.05) is 10.9 Å². The Kier molecular flexibility index (Phi) is 3.45. The molecule has 0 fully saturated rings. The Labute approximate surface area is 105 Å². The first-order valence-electron chi connectivity index (χ1n) is 5.40. The van der Waals surface area contributed by atoms with Crippen molar-refractivity contribution < 1.29 is 9.84 Å². The lowest BCUT2D eigenvalue weighted by atomic mass is 10.1. The number of thiazole rings is 1. The van der Waals surface area contributed by atoms with Gasteiger partial charge >= 0.3 is 0 Å². The maximum absolute atomic E-state index is 9.44. The molecule has 0 amide bonds. The van der Waals surface area contributed by atoms with Crippen LogP contribution in [0.2, 0.25) is 0 Å². The number of aliphatic hydroxyl groups is 1. The molecule has 17 heavy (non-hydrogen) atoms. The third kappa shape index (κ3) is 2.48. The van der Waals surface area contributed by atoms with Crippen molar-refractivity contribution >= 4 is 11.3 Å². The van der Waals surface area contributed by atoms with Crippen LogP contribution in [0.3, 0.4) is 0 Å². The maximum Gasteiger partial charge on any atom is 0.123 e. The van der Waals surface area contributed by atoms with Gasteiger partial charge in [0.2, 0.25) is 0 Å². The Morgan fingerprint density at radius 2 is 2.18 bits per heavy atom. The van der Waals surface area contributed by atoms with E-state index in [1.54, 1.807) is 25.4 Å². The van der Waals surface area contributed by atoms with Crippen molar-refractivity contribution in [3.8, 4) is 16.3 Å². The Bertz CT molecular complexity index is 520. The lowest BCUT2D eigenvalue weighted by molar-refractivity contribution is 0.195. The quantitative estimate of drug-likeness (QED) is 0.908. The average Bonchev–Trinajstić information content (AvgIpc) is 2.78. The van der Waals surface area contributed by atoms with Crippen LogP contribution in [0.25, 0.3) is 10.6 Å². The molecule has 2 aromatic rings. The third-order valence-electron chi connectivity index (χ3n) is 2.59. The zero-order chi connectivity index (χ0) is 12.4. The summed E-state index contributed by atoms with van der Waals surface area (Å²) in [5.74, 6) is 0.876. The zero-order valence-corrected chi connectivity index (χ0v) is 10.9. The molecule has 0 aliphatic heterocycles. The van der Waals surface area contributed by atoms with Crippen molar-refractivity contribution in [2.45, 2.75) is 20.0 Å². The highest BCUT2D eigenvalue weighted by molar-refractivity contribution is 7.13. The van der Waals surface area contributed by atoms with Gasteiger partial charge in [-0.3, -0.25) is 0 Å². The second kappa shape index (κ2) is 4.85. The molecule has 1 aromatic heterocycles. The van der Waals surface area contributed by atoms with Crippen LogP contribution in [-0.4, -0.2) is 17.2 Å². The van der Waals surface area contributed by atoms with Crippen LogP contribution in [0.4, 0.5) is 0 Å². The molecule has 0 spiro atoms. The smallest absolute Gasteiger partial charge is 0.123 e. The Hall–Kier alpha value is -1.39. The predicted molar refractivity (Wildman–Crippen MR) is 69.5 cm³/mol. The van der Waals surface area contributed by atoms with E-state index in [2.05, 4.69) is 4.98 Å². The summed E-state index contributed by atoms with van der Waals surface area (Å²) in [5.41, 5.74) is 2.86. The van der Waals surface area contributed by atoms with E-state index in [0.717, 1.165) is 27.6 Å². The Morgan fingerprint density at radius 3 is 2.71 bits per heavy atom. The number of aromatic nitrogens is 1. The molecule has 2 rings (SSSR count). The summed E-state index contributed by atoms with van der Waals surface area (Å²) in [4.78, 5) is 4.40. The standard InChI is InChI=1S/C13H15NO2S/c1-8-6-10(4-5-12(8)16-3)13-14-11(7-17-13)9(2)15/h4-7,9,15H,1-3H3. The fourth-order valence-electron chi connectivity index (χ4n) is 1.62. The number of nitrogens with zero attached hydrogens (tertiary/aromatic N) is 1. The van der Waals surface area contributed by atoms with Crippen LogP contribution in [0, 0.1) is 6.92 Å². The minimum absolute atomic E-state index is 0.514. The predicted octanol–water partition coefficient (Wildman–Crippen LogP) is 3.18.